The Bertz CT molecular complexity index is 289. The molecule has 0 spiro atoms. The molecule has 1 aromatic rings. The summed E-state index contributed by atoms with van der Waals surface area (Å²) in [6, 6.07) is 5.96. The zero-order valence-corrected chi connectivity index (χ0v) is 10.3. The topological polar surface area (TPSA) is 26.0 Å². The van der Waals surface area contributed by atoms with Crippen molar-refractivity contribution in [2.24, 2.45) is 5.73 Å². The van der Waals surface area contributed by atoms with Crippen LogP contribution >= 0.6 is 35.6 Å². The summed E-state index contributed by atoms with van der Waals surface area (Å²) in [6.07, 6.45) is 0.739. The minimum Gasteiger partial charge on any atom is -0.326 e. The zero-order valence-electron chi connectivity index (χ0n) is 7.97. The van der Waals surface area contributed by atoms with Crippen LogP contribution < -0.4 is 5.73 Å². The summed E-state index contributed by atoms with van der Waals surface area (Å²) in [5.41, 5.74) is 7.95. The maximum Gasteiger partial charge on any atom is 0.0441 e. The van der Waals surface area contributed by atoms with E-state index in [1.165, 1.54) is 0 Å². The molecule has 0 aliphatic carbocycles. The molecule has 0 saturated heterocycles. The lowest BCUT2D eigenvalue weighted by molar-refractivity contribution is 0.745. The van der Waals surface area contributed by atoms with Gasteiger partial charge in [-0.2, -0.15) is 0 Å². The van der Waals surface area contributed by atoms with Gasteiger partial charge in [-0.05, 0) is 30.5 Å². The highest BCUT2D eigenvalue weighted by atomic mass is 35.5. The zero-order chi connectivity index (χ0) is 9.84. The quantitative estimate of drug-likeness (QED) is 0.824. The van der Waals surface area contributed by atoms with Crippen LogP contribution in [-0.2, 0) is 6.42 Å². The van der Waals surface area contributed by atoms with Gasteiger partial charge >= 0.3 is 0 Å². The van der Waals surface area contributed by atoms with E-state index in [0.29, 0.717) is 5.88 Å². The van der Waals surface area contributed by atoms with Crippen molar-refractivity contribution in [1.29, 1.82) is 0 Å². The predicted molar refractivity (Wildman–Crippen MR) is 65.8 cm³/mol. The molecule has 1 nitrogen and oxygen atoms in total. The van der Waals surface area contributed by atoms with Crippen LogP contribution in [0.1, 0.15) is 11.1 Å². The molecule has 1 rings (SSSR count). The molecule has 0 aromatic heterocycles. The Hall–Kier alpha value is 0.0500. The van der Waals surface area contributed by atoms with Gasteiger partial charge in [0.15, 0.2) is 0 Å². The number of hydrogen-bond acceptors (Lipinski definition) is 1. The Balaban J connectivity index is 0.00000169. The summed E-state index contributed by atoms with van der Waals surface area (Å²) >= 11 is 11.6. The van der Waals surface area contributed by atoms with E-state index in [1.807, 2.05) is 25.1 Å². The molecule has 80 valence electrons. The molecule has 2 N–H and O–H groups in total. The van der Waals surface area contributed by atoms with Crippen molar-refractivity contribution < 1.29 is 0 Å². The summed E-state index contributed by atoms with van der Waals surface area (Å²) in [5.74, 6) is 0.463. The van der Waals surface area contributed by atoms with Crippen LogP contribution in [-0.4, -0.2) is 11.9 Å². The number of benzene rings is 1. The number of rotatable bonds is 3. The van der Waals surface area contributed by atoms with Crippen LogP contribution in [0.25, 0.3) is 0 Å². The lowest BCUT2D eigenvalue weighted by atomic mass is 10.1. The highest BCUT2D eigenvalue weighted by Gasteiger charge is 2.05. The molecule has 0 unspecified atom stereocenters. The van der Waals surface area contributed by atoms with Gasteiger partial charge in [-0.25, -0.2) is 0 Å². The summed E-state index contributed by atoms with van der Waals surface area (Å²) in [6.45, 7) is 2.01. The summed E-state index contributed by atoms with van der Waals surface area (Å²) < 4.78 is 0. The second-order valence-corrected chi connectivity index (χ2v) is 3.93. The maximum atomic E-state index is 6.03. The second kappa shape index (κ2) is 6.52. The van der Waals surface area contributed by atoms with Crippen LogP contribution in [0.4, 0.5) is 0 Å². The highest BCUT2D eigenvalue weighted by Crippen LogP contribution is 2.18. The van der Waals surface area contributed by atoms with Crippen molar-refractivity contribution in [3.05, 3.63) is 34.3 Å². The van der Waals surface area contributed by atoms with Crippen LogP contribution in [0.2, 0.25) is 5.02 Å². The maximum absolute atomic E-state index is 6.03. The van der Waals surface area contributed by atoms with E-state index < -0.39 is 0 Å². The Labute approximate surface area is 101 Å². The number of halogens is 3. The van der Waals surface area contributed by atoms with Crippen molar-refractivity contribution in [2.75, 3.05) is 5.88 Å². The fourth-order valence-electron chi connectivity index (χ4n) is 1.15. The molecule has 0 radical (unpaired) electrons. The largest absolute Gasteiger partial charge is 0.326 e. The standard InChI is InChI=1S/C10H13Cl2N.ClH/c1-7-2-3-8(10(12)4-7)5-9(13)6-11;/h2-4,9H,5-6,13H2,1H3;1H/t9-;/m1./s1. The van der Waals surface area contributed by atoms with E-state index in [9.17, 15) is 0 Å². The first-order chi connectivity index (χ1) is 6.13. The lowest BCUT2D eigenvalue weighted by Crippen LogP contribution is -2.24. The lowest BCUT2D eigenvalue weighted by Gasteiger charge is -2.09. The Kier molecular flexibility index (Phi) is 6.54. The number of alkyl halides is 1. The molecule has 0 aliphatic heterocycles. The van der Waals surface area contributed by atoms with Gasteiger partial charge in [0, 0.05) is 16.9 Å². The summed E-state index contributed by atoms with van der Waals surface area (Å²) in [5, 5.41) is 0.778. The van der Waals surface area contributed by atoms with Crippen molar-refractivity contribution in [3.63, 3.8) is 0 Å². The van der Waals surface area contributed by atoms with Gasteiger partial charge in [-0.1, -0.05) is 23.7 Å². The van der Waals surface area contributed by atoms with Gasteiger partial charge in [-0.3, -0.25) is 0 Å². The molecule has 0 saturated carbocycles. The predicted octanol–water partition coefficient (Wildman–Crippen LogP) is 3.18. The van der Waals surface area contributed by atoms with E-state index >= 15 is 0 Å². The smallest absolute Gasteiger partial charge is 0.0441 e. The molecule has 0 bridgehead atoms. The van der Waals surface area contributed by atoms with Gasteiger partial charge in [0.05, 0.1) is 0 Å². The van der Waals surface area contributed by atoms with Gasteiger partial charge < -0.3 is 5.73 Å². The second-order valence-electron chi connectivity index (χ2n) is 3.21. The molecular formula is C10H14Cl3N. The summed E-state index contributed by atoms with van der Waals surface area (Å²) in [7, 11) is 0. The molecule has 4 heteroatoms. The van der Waals surface area contributed by atoms with Gasteiger partial charge in [0.25, 0.3) is 0 Å². The third-order valence-corrected chi connectivity index (χ3v) is 2.64. The van der Waals surface area contributed by atoms with Crippen LogP contribution in [0.3, 0.4) is 0 Å². The summed E-state index contributed by atoms with van der Waals surface area (Å²) in [4.78, 5) is 0. The molecular weight excluding hydrogens is 240 g/mol. The first kappa shape index (κ1) is 14.1. The Morgan fingerprint density at radius 1 is 1.43 bits per heavy atom. The third-order valence-electron chi connectivity index (χ3n) is 1.89. The third kappa shape index (κ3) is 4.05. The van der Waals surface area contributed by atoms with E-state index in [1.54, 1.807) is 0 Å². The fraction of sp³-hybridized carbons (Fsp3) is 0.400. The van der Waals surface area contributed by atoms with E-state index in [4.69, 9.17) is 28.9 Å². The minimum absolute atomic E-state index is 0. The minimum atomic E-state index is -0.0122. The molecule has 14 heavy (non-hydrogen) atoms. The van der Waals surface area contributed by atoms with Crippen molar-refractivity contribution in [1.82, 2.24) is 0 Å². The average molecular weight is 255 g/mol. The Morgan fingerprint density at radius 2 is 2.07 bits per heavy atom. The van der Waals surface area contributed by atoms with Crippen LogP contribution in [0, 0.1) is 6.92 Å². The van der Waals surface area contributed by atoms with E-state index in [-0.39, 0.29) is 18.4 Å². The van der Waals surface area contributed by atoms with Crippen molar-refractivity contribution in [2.45, 2.75) is 19.4 Å². The Morgan fingerprint density at radius 3 is 2.57 bits per heavy atom. The van der Waals surface area contributed by atoms with Crippen LogP contribution in [0.5, 0.6) is 0 Å². The van der Waals surface area contributed by atoms with Crippen molar-refractivity contribution >= 4 is 35.6 Å². The molecule has 1 atom stereocenters. The highest BCUT2D eigenvalue weighted by molar-refractivity contribution is 6.31. The molecule has 0 amide bonds. The van der Waals surface area contributed by atoms with Gasteiger partial charge in [-0.15, -0.1) is 24.0 Å². The van der Waals surface area contributed by atoms with Crippen molar-refractivity contribution in [3.8, 4) is 0 Å². The van der Waals surface area contributed by atoms with E-state index in [2.05, 4.69) is 0 Å². The van der Waals surface area contributed by atoms with Gasteiger partial charge in [0.2, 0.25) is 0 Å². The number of aryl methyl sites for hydroxylation is 1. The molecule has 0 heterocycles. The number of hydrogen-bond donors (Lipinski definition) is 1. The fourth-order valence-corrected chi connectivity index (χ4v) is 1.58. The average Bonchev–Trinajstić information content (AvgIpc) is 2.09. The molecule has 1 aromatic carbocycles. The van der Waals surface area contributed by atoms with E-state index in [0.717, 1.165) is 22.6 Å². The SMILES string of the molecule is Cc1ccc(C[C@@H](N)CCl)c(Cl)c1.Cl. The first-order valence-electron chi connectivity index (χ1n) is 4.20. The van der Waals surface area contributed by atoms with Gasteiger partial charge in [0.1, 0.15) is 0 Å². The molecule has 0 aliphatic rings. The van der Waals surface area contributed by atoms with Crippen LogP contribution in [0.15, 0.2) is 18.2 Å². The molecule has 0 fully saturated rings. The first-order valence-corrected chi connectivity index (χ1v) is 5.11. The normalized spacial score (nSPS) is 12.0. The monoisotopic (exact) mass is 253 g/mol. The number of nitrogens with two attached hydrogens (primary N) is 1.